The Labute approximate surface area is 128 Å². The van der Waals surface area contributed by atoms with Gasteiger partial charge < -0.3 is 10.1 Å². The quantitative estimate of drug-likeness (QED) is 0.877. The van der Waals surface area contributed by atoms with Crippen LogP contribution in [-0.2, 0) is 0 Å². The molecule has 0 aromatic heterocycles. The van der Waals surface area contributed by atoms with Crippen LogP contribution in [0.15, 0.2) is 40.9 Å². The van der Waals surface area contributed by atoms with Crippen LogP contribution in [0, 0.1) is 5.82 Å². The summed E-state index contributed by atoms with van der Waals surface area (Å²) in [4.78, 5) is 12.2. The van der Waals surface area contributed by atoms with Crippen LogP contribution in [0.25, 0.3) is 0 Å². The highest BCUT2D eigenvalue weighted by Crippen LogP contribution is 2.31. The van der Waals surface area contributed by atoms with Crippen molar-refractivity contribution in [1.29, 1.82) is 0 Å². The highest BCUT2D eigenvalue weighted by molar-refractivity contribution is 9.10. The van der Waals surface area contributed by atoms with Crippen LogP contribution >= 0.6 is 27.5 Å². The van der Waals surface area contributed by atoms with Crippen molar-refractivity contribution in [1.82, 2.24) is 0 Å². The Morgan fingerprint density at radius 1 is 1.30 bits per heavy atom. The molecular weight excluding hydrogens is 349 g/mol. The van der Waals surface area contributed by atoms with Gasteiger partial charge in [-0.3, -0.25) is 4.79 Å². The van der Waals surface area contributed by atoms with Gasteiger partial charge in [0.2, 0.25) is 0 Å². The fraction of sp³-hybridized carbons (Fsp3) is 0.0714. The number of halogens is 3. The zero-order chi connectivity index (χ0) is 14.7. The fourth-order valence-corrected chi connectivity index (χ4v) is 2.22. The van der Waals surface area contributed by atoms with Crippen molar-refractivity contribution < 1.29 is 13.9 Å². The first-order valence-electron chi connectivity index (χ1n) is 5.62. The molecule has 1 amide bonds. The maximum atomic E-state index is 13.8. The van der Waals surface area contributed by atoms with Crippen LogP contribution in [0.1, 0.15) is 10.4 Å². The minimum absolute atomic E-state index is 0.151. The van der Waals surface area contributed by atoms with Gasteiger partial charge >= 0.3 is 0 Å². The summed E-state index contributed by atoms with van der Waals surface area (Å²) in [5, 5.41) is 3.04. The molecule has 6 heteroatoms. The molecule has 0 heterocycles. The molecule has 0 atom stereocenters. The van der Waals surface area contributed by atoms with Crippen LogP contribution in [0.3, 0.4) is 0 Å². The lowest BCUT2D eigenvalue weighted by atomic mass is 10.1. The molecule has 2 aromatic rings. The van der Waals surface area contributed by atoms with Crippen molar-refractivity contribution in [2.45, 2.75) is 0 Å². The summed E-state index contributed by atoms with van der Waals surface area (Å²) >= 11 is 9.20. The second kappa shape index (κ2) is 6.24. The number of anilines is 1. The molecule has 0 spiro atoms. The normalized spacial score (nSPS) is 10.2. The molecule has 0 saturated carbocycles. The summed E-state index contributed by atoms with van der Waals surface area (Å²) in [7, 11) is 1.38. The number of hydrogen-bond acceptors (Lipinski definition) is 2. The summed E-state index contributed by atoms with van der Waals surface area (Å²) in [6.45, 7) is 0. The van der Waals surface area contributed by atoms with E-state index in [9.17, 15) is 9.18 Å². The molecular formula is C14H10BrClFNO2. The standard InChI is InChI=1S/C14H10BrClFNO2/c1-20-11-7-3-5-9(17)12(11)14(19)18-10-6-2-4-8(16)13(10)15/h2-7H,1H3,(H,18,19). The van der Waals surface area contributed by atoms with E-state index in [1.807, 2.05) is 0 Å². The second-order valence-electron chi connectivity index (χ2n) is 3.87. The number of carbonyl (C=O) groups excluding carboxylic acids is 1. The molecule has 20 heavy (non-hydrogen) atoms. The van der Waals surface area contributed by atoms with E-state index in [-0.39, 0.29) is 11.3 Å². The average molecular weight is 359 g/mol. The van der Waals surface area contributed by atoms with Crippen LogP contribution in [0.5, 0.6) is 5.75 Å². The Hall–Kier alpha value is -1.59. The minimum atomic E-state index is -0.653. The van der Waals surface area contributed by atoms with E-state index in [1.165, 1.54) is 25.3 Å². The average Bonchev–Trinajstić information content (AvgIpc) is 2.43. The van der Waals surface area contributed by atoms with Crippen molar-refractivity contribution in [2.24, 2.45) is 0 Å². The molecule has 104 valence electrons. The first-order chi connectivity index (χ1) is 9.54. The van der Waals surface area contributed by atoms with Crippen molar-refractivity contribution in [3.63, 3.8) is 0 Å². The Bertz CT molecular complexity index is 664. The molecule has 0 saturated heterocycles. The van der Waals surface area contributed by atoms with E-state index in [2.05, 4.69) is 21.2 Å². The van der Waals surface area contributed by atoms with Crippen molar-refractivity contribution in [2.75, 3.05) is 12.4 Å². The first kappa shape index (κ1) is 14.8. The van der Waals surface area contributed by atoms with Crippen molar-refractivity contribution >= 4 is 39.1 Å². The maximum Gasteiger partial charge on any atom is 0.262 e. The largest absolute Gasteiger partial charge is 0.496 e. The fourth-order valence-electron chi connectivity index (χ4n) is 1.68. The van der Waals surface area contributed by atoms with Gasteiger partial charge in [-0.05, 0) is 40.2 Å². The van der Waals surface area contributed by atoms with Gasteiger partial charge in [-0.15, -0.1) is 0 Å². The molecule has 1 N–H and O–H groups in total. The van der Waals surface area contributed by atoms with Gasteiger partial charge in [-0.1, -0.05) is 23.7 Å². The lowest BCUT2D eigenvalue weighted by molar-refractivity contribution is 0.102. The Morgan fingerprint density at radius 3 is 2.70 bits per heavy atom. The molecule has 0 radical (unpaired) electrons. The van der Waals surface area contributed by atoms with Gasteiger partial charge in [-0.25, -0.2) is 4.39 Å². The van der Waals surface area contributed by atoms with E-state index in [4.69, 9.17) is 16.3 Å². The molecule has 3 nitrogen and oxygen atoms in total. The minimum Gasteiger partial charge on any atom is -0.496 e. The number of carbonyl (C=O) groups is 1. The third kappa shape index (κ3) is 2.94. The predicted molar refractivity (Wildman–Crippen MR) is 80.1 cm³/mol. The predicted octanol–water partition coefficient (Wildman–Crippen LogP) is 4.50. The zero-order valence-corrected chi connectivity index (χ0v) is 12.8. The van der Waals surface area contributed by atoms with Gasteiger partial charge in [0.05, 0.1) is 22.3 Å². The van der Waals surface area contributed by atoms with Crippen molar-refractivity contribution in [3.05, 3.63) is 57.3 Å². The second-order valence-corrected chi connectivity index (χ2v) is 5.07. The number of amides is 1. The van der Waals surface area contributed by atoms with E-state index in [0.717, 1.165) is 0 Å². The molecule has 0 aliphatic carbocycles. The van der Waals surface area contributed by atoms with Crippen molar-refractivity contribution in [3.8, 4) is 5.75 Å². The number of ether oxygens (including phenoxy) is 1. The summed E-state index contributed by atoms with van der Waals surface area (Å²) in [5.74, 6) is -1.09. The zero-order valence-electron chi connectivity index (χ0n) is 10.4. The highest BCUT2D eigenvalue weighted by atomic mass is 79.9. The molecule has 2 rings (SSSR count). The monoisotopic (exact) mass is 357 g/mol. The summed E-state index contributed by atoms with van der Waals surface area (Å²) in [6.07, 6.45) is 0. The topological polar surface area (TPSA) is 38.3 Å². The summed E-state index contributed by atoms with van der Waals surface area (Å²) < 4.78 is 19.3. The number of benzene rings is 2. The van der Waals surface area contributed by atoms with Gasteiger partial charge in [0.25, 0.3) is 5.91 Å². The third-order valence-corrected chi connectivity index (χ3v) is 4.02. The highest BCUT2D eigenvalue weighted by Gasteiger charge is 2.18. The maximum absolute atomic E-state index is 13.8. The number of nitrogens with one attached hydrogen (secondary N) is 1. The Balaban J connectivity index is 2.36. The Kier molecular flexibility index (Phi) is 4.62. The molecule has 2 aromatic carbocycles. The van der Waals surface area contributed by atoms with E-state index >= 15 is 0 Å². The van der Waals surface area contributed by atoms with Crippen LogP contribution in [0.2, 0.25) is 5.02 Å². The lowest BCUT2D eigenvalue weighted by Crippen LogP contribution is -2.15. The molecule has 0 unspecified atom stereocenters. The van der Waals surface area contributed by atoms with Crippen LogP contribution in [0.4, 0.5) is 10.1 Å². The van der Waals surface area contributed by atoms with Gasteiger partial charge in [-0.2, -0.15) is 0 Å². The molecule has 0 aliphatic heterocycles. The number of hydrogen-bond donors (Lipinski definition) is 1. The Morgan fingerprint density at radius 2 is 2.00 bits per heavy atom. The number of methoxy groups -OCH3 is 1. The van der Waals surface area contributed by atoms with Gasteiger partial charge in [0, 0.05) is 0 Å². The van der Waals surface area contributed by atoms with Crippen LogP contribution < -0.4 is 10.1 Å². The van der Waals surface area contributed by atoms with Crippen LogP contribution in [-0.4, -0.2) is 13.0 Å². The van der Waals surface area contributed by atoms with E-state index < -0.39 is 11.7 Å². The lowest BCUT2D eigenvalue weighted by Gasteiger charge is -2.11. The molecule has 0 fully saturated rings. The number of rotatable bonds is 3. The molecule has 0 aliphatic rings. The van der Waals surface area contributed by atoms with Gasteiger partial charge in [0.1, 0.15) is 17.1 Å². The summed E-state index contributed by atoms with van der Waals surface area (Å²) in [5.41, 5.74) is 0.301. The summed E-state index contributed by atoms with van der Waals surface area (Å²) in [6, 6.07) is 9.20. The molecule has 0 bridgehead atoms. The smallest absolute Gasteiger partial charge is 0.262 e. The van der Waals surface area contributed by atoms with E-state index in [1.54, 1.807) is 18.2 Å². The third-order valence-electron chi connectivity index (χ3n) is 2.62. The van der Waals surface area contributed by atoms with Gasteiger partial charge in [0.15, 0.2) is 0 Å². The SMILES string of the molecule is COc1cccc(F)c1C(=O)Nc1cccc(Cl)c1Br. The van der Waals surface area contributed by atoms with E-state index in [0.29, 0.717) is 15.2 Å². The first-order valence-corrected chi connectivity index (χ1v) is 6.79.